The van der Waals surface area contributed by atoms with Crippen LogP contribution in [-0.4, -0.2) is 32.4 Å². The molecule has 8 heteroatoms. The summed E-state index contributed by atoms with van der Waals surface area (Å²) in [5.41, 5.74) is 1.55. The van der Waals surface area contributed by atoms with Crippen LogP contribution in [0.4, 0.5) is 5.69 Å². The first-order valence-corrected chi connectivity index (χ1v) is 11.6. The third-order valence-electron chi connectivity index (χ3n) is 3.72. The van der Waals surface area contributed by atoms with Gasteiger partial charge in [-0.05, 0) is 61.2 Å². The molecule has 5 nitrogen and oxygen atoms in total. The van der Waals surface area contributed by atoms with Gasteiger partial charge in [-0.2, -0.15) is 16.5 Å². The topological polar surface area (TPSA) is 75.3 Å². The molecule has 2 aromatic carbocycles. The molecule has 0 saturated heterocycles. The van der Waals surface area contributed by atoms with Crippen LogP contribution in [0.1, 0.15) is 12.0 Å². The van der Waals surface area contributed by atoms with Gasteiger partial charge in [0.15, 0.2) is 0 Å². The number of anilines is 1. The quantitative estimate of drug-likeness (QED) is 0.633. The van der Waals surface area contributed by atoms with E-state index in [9.17, 15) is 13.2 Å². The number of rotatable bonds is 8. The molecule has 0 heterocycles. The van der Waals surface area contributed by atoms with Crippen LogP contribution in [0, 0.1) is 6.92 Å². The number of carbonyl (C=O) groups is 1. The largest absolute Gasteiger partial charge is 0.324 e. The van der Waals surface area contributed by atoms with E-state index in [1.165, 1.54) is 12.1 Å². The minimum Gasteiger partial charge on any atom is -0.324 e. The summed E-state index contributed by atoms with van der Waals surface area (Å²) in [7, 11) is -3.77. The van der Waals surface area contributed by atoms with Gasteiger partial charge in [-0.3, -0.25) is 4.79 Å². The molecule has 1 amide bonds. The Morgan fingerprint density at radius 1 is 1.19 bits per heavy atom. The van der Waals surface area contributed by atoms with Crippen LogP contribution in [0.5, 0.6) is 0 Å². The van der Waals surface area contributed by atoms with Gasteiger partial charge in [-0.15, -0.1) is 0 Å². The van der Waals surface area contributed by atoms with Crippen molar-refractivity contribution in [3.63, 3.8) is 0 Å². The van der Waals surface area contributed by atoms with Crippen LogP contribution in [0.3, 0.4) is 0 Å². The van der Waals surface area contributed by atoms with E-state index in [2.05, 4.69) is 26.0 Å². The second-order valence-corrected chi connectivity index (χ2v) is 9.33. The zero-order chi connectivity index (χ0) is 19.2. The molecule has 0 aliphatic carbocycles. The first kappa shape index (κ1) is 21.0. The molecule has 0 radical (unpaired) electrons. The second-order valence-electron chi connectivity index (χ2n) is 5.72. The molecular weight excluding hydrogens is 436 g/mol. The maximum atomic E-state index is 12.7. The van der Waals surface area contributed by atoms with E-state index in [0.717, 1.165) is 10.0 Å². The van der Waals surface area contributed by atoms with E-state index < -0.39 is 16.1 Å². The van der Waals surface area contributed by atoms with E-state index in [1.54, 1.807) is 36.0 Å². The van der Waals surface area contributed by atoms with Crippen molar-refractivity contribution in [2.24, 2.45) is 0 Å². The third kappa shape index (κ3) is 5.84. The second kappa shape index (κ2) is 9.55. The molecule has 0 fully saturated rings. The number of nitrogens with one attached hydrogen (secondary N) is 2. The highest BCUT2D eigenvalue weighted by Gasteiger charge is 2.25. The fourth-order valence-corrected chi connectivity index (χ4v) is 4.52. The Labute approximate surface area is 167 Å². The van der Waals surface area contributed by atoms with Crippen LogP contribution in [0.25, 0.3) is 0 Å². The van der Waals surface area contributed by atoms with Gasteiger partial charge in [0.25, 0.3) is 0 Å². The molecule has 1 atom stereocenters. The fraction of sp³-hybridized carbons (Fsp3) is 0.278. The molecule has 0 spiro atoms. The zero-order valence-electron chi connectivity index (χ0n) is 14.5. The third-order valence-corrected chi connectivity index (χ3v) is 6.35. The van der Waals surface area contributed by atoms with E-state index in [4.69, 9.17) is 0 Å². The summed E-state index contributed by atoms with van der Waals surface area (Å²) in [6.45, 7) is 1.88. The Kier molecular flexibility index (Phi) is 7.69. The van der Waals surface area contributed by atoms with Crippen LogP contribution in [0.2, 0.25) is 0 Å². The average Bonchev–Trinajstić information content (AvgIpc) is 2.61. The van der Waals surface area contributed by atoms with E-state index >= 15 is 0 Å². The summed E-state index contributed by atoms with van der Waals surface area (Å²) in [6.07, 6.45) is 2.31. The van der Waals surface area contributed by atoms with Gasteiger partial charge in [-0.1, -0.05) is 34.1 Å². The highest BCUT2D eigenvalue weighted by molar-refractivity contribution is 9.10. The lowest BCUT2D eigenvalue weighted by atomic mass is 10.1. The number of halogens is 1. The lowest BCUT2D eigenvalue weighted by Crippen LogP contribution is -2.44. The van der Waals surface area contributed by atoms with Crippen molar-refractivity contribution in [3.05, 3.63) is 58.6 Å². The summed E-state index contributed by atoms with van der Waals surface area (Å²) in [5.74, 6) is 0.290. The molecule has 0 aliphatic heterocycles. The predicted molar refractivity (Wildman–Crippen MR) is 111 cm³/mol. The SMILES string of the molecule is CSCCC(NS(=O)(=O)c1ccccc1)C(=O)Nc1ccc(Br)cc1C. The van der Waals surface area contributed by atoms with Crippen molar-refractivity contribution in [2.45, 2.75) is 24.3 Å². The number of sulfonamides is 1. The summed E-state index contributed by atoms with van der Waals surface area (Å²) in [5, 5.41) is 2.82. The number of thioether (sulfide) groups is 1. The van der Waals surface area contributed by atoms with Crippen molar-refractivity contribution in [2.75, 3.05) is 17.3 Å². The lowest BCUT2D eigenvalue weighted by Gasteiger charge is -2.19. The Bertz CT molecular complexity index is 858. The van der Waals surface area contributed by atoms with Gasteiger partial charge < -0.3 is 5.32 Å². The van der Waals surface area contributed by atoms with Gasteiger partial charge in [0, 0.05) is 10.2 Å². The van der Waals surface area contributed by atoms with E-state index in [1.807, 2.05) is 25.3 Å². The Hall–Kier alpha value is -1.35. The predicted octanol–water partition coefficient (Wildman–Crippen LogP) is 3.80. The number of hydrogen-bond acceptors (Lipinski definition) is 4. The van der Waals surface area contributed by atoms with Gasteiger partial charge in [0.05, 0.1) is 4.90 Å². The first-order chi connectivity index (χ1) is 12.3. The Morgan fingerprint density at radius 2 is 1.88 bits per heavy atom. The van der Waals surface area contributed by atoms with Gasteiger partial charge in [0.1, 0.15) is 6.04 Å². The molecule has 1 unspecified atom stereocenters. The van der Waals surface area contributed by atoms with Crippen LogP contribution in [-0.2, 0) is 14.8 Å². The van der Waals surface area contributed by atoms with Gasteiger partial charge in [-0.25, -0.2) is 8.42 Å². The maximum Gasteiger partial charge on any atom is 0.242 e. The maximum absolute atomic E-state index is 12.7. The molecule has 0 saturated carbocycles. The zero-order valence-corrected chi connectivity index (χ0v) is 17.7. The Balaban J connectivity index is 2.19. The lowest BCUT2D eigenvalue weighted by molar-refractivity contribution is -0.117. The minimum atomic E-state index is -3.77. The number of aryl methyl sites for hydroxylation is 1. The molecule has 140 valence electrons. The highest BCUT2D eigenvalue weighted by atomic mass is 79.9. The van der Waals surface area contributed by atoms with Gasteiger partial charge >= 0.3 is 0 Å². The monoisotopic (exact) mass is 456 g/mol. The van der Waals surface area contributed by atoms with Crippen LogP contribution < -0.4 is 10.0 Å². The van der Waals surface area contributed by atoms with E-state index in [-0.39, 0.29) is 10.8 Å². The number of hydrogen-bond donors (Lipinski definition) is 2. The summed E-state index contributed by atoms with van der Waals surface area (Å²) >= 11 is 4.94. The van der Waals surface area contributed by atoms with Crippen molar-refractivity contribution < 1.29 is 13.2 Å². The van der Waals surface area contributed by atoms with Crippen LogP contribution >= 0.6 is 27.7 Å². The minimum absolute atomic E-state index is 0.141. The fourth-order valence-electron chi connectivity index (χ4n) is 2.32. The molecule has 0 aliphatic rings. The summed E-state index contributed by atoms with van der Waals surface area (Å²) in [4.78, 5) is 12.8. The standard InChI is InChI=1S/C18H21BrN2O3S2/c1-13-12-14(19)8-9-16(13)20-18(22)17(10-11-25-2)21-26(23,24)15-6-4-3-5-7-15/h3-9,12,17,21H,10-11H2,1-2H3,(H,20,22). The molecule has 26 heavy (non-hydrogen) atoms. The first-order valence-electron chi connectivity index (χ1n) is 7.97. The molecule has 0 bridgehead atoms. The van der Waals surface area contributed by atoms with Crippen LogP contribution in [0.15, 0.2) is 57.9 Å². The molecule has 2 rings (SSSR count). The Morgan fingerprint density at radius 3 is 2.50 bits per heavy atom. The van der Waals surface area contributed by atoms with E-state index in [0.29, 0.717) is 17.9 Å². The van der Waals surface area contributed by atoms with Gasteiger partial charge in [0.2, 0.25) is 15.9 Å². The highest BCUT2D eigenvalue weighted by Crippen LogP contribution is 2.21. The number of amides is 1. The van der Waals surface area contributed by atoms with Crippen molar-refractivity contribution in [1.82, 2.24) is 4.72 Å². The average molecular weight is 457 g/mol. The van der Waals surface area contributed by atoms with Crippen molar-refractivity contribution in [3.8, 4) is 0 Å². The van der Waals surface area contributed by atoms with Crippen molar-refractivity contribution >= 4 is 49.3 Å². The molecule has 0 aromatic heterocycles. The van der Waals surface area contributed by atoms with Crippen molar-refractivity contribution in [1.29, 1.82) is 0 Å². The smallest absolute Gasteiger partial charge is 0.242 e. The molecular formula is C18H21BrN2O3S2. The molecule has 2 aromatic rings. The number of benzene rings is 2. The number of carbonyl (C=O) groups excluding carboxylic acids is 1. The normalized spacial score (nSPS) is 12.6. The summed E-state index contributed by atoms with van der Waals surface area (Å²) in [6, 6.07) is 12.7. The molecule has 2 N–H and O–H groups in total. The summed E-state index contributed by atoms with van der Waals surface area (Å²) < 4.78 is 28.6.